The standard InChI is InChI=1S/C10H6BrFN4O/c1-17-9-3-6(12)2-8(11)10(9)16-15-7(4-13)5-14/h2-3,16H,1H3. The molecule has 7 heteroatoms. The van der Waals surface area contributed by atoms with Crippen molar-refractivity contribution >= 4 is 27.3 Å². The Balaban J connectivity index is 3.12. The van der Waals surface area contributed by atoms with Crippen molar-refractivity contribution in [3.63, 3.8) is 0 Å². The second-order valence-corrected chi connectivity index (χ2v) is 3.62. The summed E-state index contributed by atoms with van der Waals surface area (Å²) in [6.07, 6.45) is 0. The SMILES string of the molecule is COc1cc(F)cc(Br)c1NN=C(C#N)C#N. The number of nitrogens with zero attached hydrogens (tertiary/aromatic N) is 3. The average molecular weight is 297 g/mol. The average Bonchev–Trinajstić information content (AvgIpc) is 2.31. The zero-order valence-corrected chi connectivity index (χ0v) is 10.2. The smallest absolute Gasteiger partial charge is 0.237 e. The molecule has 0 aliphatic carbocycles. The summed E-state index contributed by atoms with van der Waals surface area (Å²) in [6, 6.07) is 5.53. The molecule has 0 aromatic heterocycles. The van der Waals surface area contributed by atoms with Crippen molar-refractivity contribution < 1.29 is 9.13 Å². The molecule has 0 amide bonds. The van der Waals surface area contributed by atoms with E-state index in [2.05, 4.69) is 26.5 Å². The van der Waals surface area contributed by atoms with Gasteiger partial charge in [0.25, 0.3) is 0 Å². The fourth-order valence-corrected chi connectivity index (χ4v) is 1.51. The lowest BCUT2D eigenvalue weighted by Crippen LogP contribution is -2.00. The number of nitriles is 2. The van der Waals surface area contributed by atoms with Gasteiger partial charge in [-0.05, 0) is 22.0 Å². The van der Waals surface area contributed by atoms with Crippen LogP contribution in [0.5, 0.6) is 5.75 Å². The molecule has 1 aromatic rings. The molecule has 1 aromatic carbocycles. The van der Waals surface area contributed by atoms with Crippen LogP contribution in [-0.2, 0) is 0 Å². The van der Waals surface area contributed by atoms with E-state index in [4.69, 9.17) is 15.3 Å². The molecule has 0 radical (unpaired) electrons. The van der Waals surface area contributed by atoms with Crippen LogP contribution < -0.4 is 10.2 Å². The van der Waals surface area contributed by atoms with Gasteiger partial charge in [0, 0.05) is 10.5 Å². The van der Waals surface area contributed by atoms with Crippen LogP contribution in [0, 0.1) is 28.5 Å². The Morgan fingerprint density at radius 3 is 2.65 bits per heavy atom. The van der Waals surface area contributed by atoms with Gasteiger partial charge in [-0.15, -0.1) is 0 Å². The summed E-state index contributed by atoms with van der Waals surface area (Å²) in [4.78, 5) is 0. The predicted octanol–water partition coefficient (Wildman–Crippen LogP) is 2.41. The first-order chi connectivity index (χ1) is 8.12. The van der Waals surface area contributed by atoms with Crippen molar-refractivity contribution in [3.8, 4) is 17.9 Å². The van der Waals surface area contributed by atoms with Crippen molar-refractivity contribution in [1.29, 1.82) is 10.5 Å². The molecule has 0 aliphatic rings. The Morgan fingerprint density at radius 2 is 2.12 bits per heavy atom. The molecule has 0 bridgehead atoms. The van der Waals surface area contributed by atoms with E-state index in [0.717, 1.165) is 6.07 Å². The fourth-order valence-electron chi connectivity index (χ4n) is 1.01. The van der Waals surface area contributed by atoms with Gasteiger partial charge < -0.3 is 4.74 Å². The molecule has 0 spiro atoms. The summed E-state index contributed by atoms with van der Waals surface area (Å²) in [7, 11) is 1.37. The zero-order chi connectivity index (χ0) is 12.8. The number of benzene rings is 1. The summed E-state index contributed by atoms with van der Waals surface area (Å²) in [5.41, 5.74) is 2.45. The maximum atomic E-state index is 13.0. The summed E-state index contributed by atoms with van der Waals surface area (Å²) in [5.74, 6) is -0.278. The van der Waals surface area contributed by atoms with Crippen LogP contribution in [0.15, 0.2) is 21.7 Å². The molecule has 0 unspecified atom stereocenters. The van der Waals surface area contributed by atoms with E-state index in [-0.39, 0.29) is 11.5 Å². The maximum absolute atomic E-state index is 13.0. The minimum Gasteiger partial charge on any atom is -0.494 e. The topological polar surface area (TPSA) is 81.2 Å². The predicted molar refractivity (Wildman–Crippen MR) is 62.9 cm³/mol. The van der Waals surface area contributed by atoms with Gasteiger partial charge in [-0.3, -0.25) is 5.43 Å². The molecule has 0 atom stereocenters. The van der Waals surface area contributed by atoms with Gasteiger partial charge in [0.1, 0.15) is 29.4 Å². The van der Waals surface area contributed by atoms with E-state index in [0.29, 0.717) is 10.2 Å². The minimum atomic E-state index is -0.482. The number of methoxy groups -OCH3 is 1. The fraction of sp³-hybridized carbons (Fsp3) is 0.100. The van der Waals surface area contributed by atoms with Crippen molar-refractivity contribution in [1.82, 2.24) is 0 Å². The van der Waals surface area contributed by atoms with Gasteiger partial charge in [-0.25, -0.2) is 4.39 Å². The summed E-state index contributed by atoms with van der Waals surface area (Å²) < 4.78 is 18.4. The number of ether oxygens (including phenoxy) is 1. The molecular weight excluding hydrogens is 291 g/mol. The normalized spacial score (nSPS) is 8.76. The number of anilines is 1. The van der Waals surface area contributed by atoms with Gasteiger partial charge in [0.2, 0.25) is 5.71 Å². The van der Waals surface area contributed by atoms with Crippen LogP contribution in [-0.4, -0.2) is 12.8 Å². The third kappa shape index (κ3) is 3.16. The molecular formula is C10H6BrFN4O. The lowest BCUT2D eigenvalue weighted by atomic mass is 10.3. The van der Waals surface area contributed by atoms with Crippen LogP contribution in [0.2, 0.25) is 0 Å². The Morgan fingerprint density at radius 1 is 1.47 bits per heavy atom. The second kappa shape index (κ2) is 5.83. The number of nitrogens with one attached hydrogen (secondary N) is 1. The largest absolute Gasteiger partial charge is 0.494 e. The first-order valence-electron chi connectivity index (χ1n) is 4.29. The van der Waals surface area contributed by atoms with Crippen LogP contribution in [0.1, 0.15) is 0 Å². The molecule has 1 N–H and O–H groups in total. The highest BCUT2D eigenvalue weighted by atomic mass is 79.9. The van der Waals surface area contributed by atoms with Gasteiger partial charge >= 0.3 is 0 Å². The van der Waals surface area contributed by atoms with Gasteiger partial charge in [0.15, 0.2) is 0 Å². The van der Waals surface area contributed by atoms with E-state index in [1.54, 1.807) is 12.1 Å². The third-order valence-corrected chi connectivity index (χ3v) is 2.36. The van der Waals surface area contributed by atoms with Gasteiger partial charge in [0.05, 0.1) is 7.11 Å². The van der Waals surface area contributed by atoms with Crippen molar-refractivity contribution in [3.05, 3.63) is 22.4 Å². The quantitative estimate of drug-likeness (QED) is 0.686. The van der Waals surface area contributed by atoms with Crippen LogP contribution in [0.25, 0.3) is 0 Å². The third-order valence-electron chi connectivity index (χ3n) is 1.73. The van der Waals surface area contributed by atoms with Crippen LogP contribution in [0.3, 0.4) is 0 Å². The molecule has 1 rings (SSSR count). The minimum absolute atomic E-state index is 0.204. The summed E-state index contributed by atoms with van der Waals surface area (Å²) >= 11 is 3.12. The number of hydrogen-bond donors (Lipinski definition) is 1. The molecule has 0 heterocycles. The van der Waals surface area contributed by atoms with Gasteiger partial charge in [-0.1, -0.05) is 0 Å². The highest BCUT2D eigenvalue weighted by molar-refractivity contribution is 9.10. The second-order valence-electron chi connectivity index (χ2n) is 2.76. The number of hydrogen-bond acceptors (Lipinski definition) is 5. The van der Waals surface area contributed by atoms with Crippen molar-refractivity contribution in [2.24, 2.45) is 5.10 Å². The first kappa shape index (κ1) is 12.9. The summed E-state index contributed by atoms with van der Waals surface area (Å²) in [5, 5.41) is 20.5. The molecule has 0 saturated carbocycles. The summed E-state index contributed by atoms with van der Waals surface area (Å²) in [6.45, 7) is 0. The first-order valence-corrected chi connectivity index (χ1v) is 5.08. The Kier molecular flexibility index (Phi) is 4.44. The number of hydrazone groups is 1. The highest BCUT2D eigenvalue weighted by Crippen LogP contribution is 2.33. The Hall–Kier alpha value is -2.12. The Bertz CT molecular complexity index is 528. The molecule has 17 heavy (non-hydrogen) atoms. The lowest BCUT2D eigenvalue weighted by Gasteiger charge is -2.09. The van der Waals surface area contributed by atoms with Crippen molar-refractivity contribution in [2.45, 2.75) is 0 Å². The van der Waals surface area contributed by atoms with Crippen molar-refractivity contribution in [2.75, 3.05) is 12.5 Å². The van der Waals surface area contributed by atoms with E-state index in [1.807, 2.05) is 0 Å². The maximum Gasteiger partial charge on any atom is 0.237 e. The molecule has 0 aliphatic heterocycles. The number of rotatable bonds is 3. The monoisotopic (exact) mass is 296 g/mol. The van der Waals surface area contributed by atoms with Crippen LogP contribution in [0.4, 0.5) is 10.1 Å². The van der Waals surface area contributed by atoms with E-state index < -0.39 is 5.82 Å². The highest BCUT2D eigenvalue weighted by Gasteiger charge is 2.10. The number of halogens is 2. The molecule has 0 saturated heterocycles. The van der Waals surface area contributed by atoms with E-state index in [1.165, 1.54) is 13.2 Å². The lowest BCUT2D eigenvalue weighted by molar-refractivity contribution is 0.413. The van der Waals surface area contributed by atoms with Gasteiger partial charge in [-0.2, -0.15) is 15.6 Å². The van der Waals surface area contributed by atoms with E-state index >= 15 is 0 Å². The zero-order valence-electron chi connectivity index (χ0n) is 8.66. The van der Waals surface area contributed by atoms with E-state index in [9.17, 15) is 4.39 Å². The molecule has 5 nitrogen and oxygen atoms in total. The van der Waals surface area contributed by atoms with Crippen LogP contribution >= 0.6 is 15.9 Å². The molecule has 86 valence electrons. The Labute approximate surface area is 105 Å². The molecule has 0 fully saturated rings.